The molecule has 0 heterocycles. The second-order valence-electron chi connectivity index (χ2n) is 6.15. The summed E-state index contributed by atoms with van der Waals surface area (Å²) in [4.78, 5) is 23.7. The number of carbonyl (C=O) groups excluding carboxylic acids is 2. The summed E-state index contributed by atoms with van der Waals surface area (Å²) >= 11 is 0. The Morgan fingerprint density at radius 2 is 1.86 bits per heavy atom. The van der Waals surface area contributed by atoms with Crippen molar-refractivity contribution in [3.05, 3.63) is 24.3 Å². The minimum absolute atomic E-state index is 0.0630. The van der Waals surface area contributed by atoms with Gasteiger partial charge in [0.05, 0.1) is 12.3 Å². The van der Waals surface area contributed by atoms with Crippen LogP contribution < -0.4 is 15.4 Å². The summed E-state index contributed by atoms with van der Waals surface area (Å²) < 4.78 is 5.59. The van der Waals surface area contributed by atoms with E-state index in [1.165, 1.54) is 0 Å². The molecule has 0 aliphatic heterocycles. The quantitative estimate of drug-likeness (QED) is 0.814. The predicted octanol–water partition coefficient (Wildman–Crippen LogP) is 2.97. The summed E-state index contributed by atoms with van der Waals surface area (Å²) in [6.07, 6.45) is 1.13. The third kappa shape index (κ3) is 6.16. The molecule has 2 N–H and O–H groups in total. The number of benzene rings is 1. The third-order valence-electron chi connectivity index (χ3n) is 2.94. The van der Waals surface area contributed by atoms with Gasteiger partial charge in [0.15, 0.2) is 0 Å². The summed E-state index contributed by atoms with van der Waals surface area (Å²) in [5.74, 6) is 0.449. The molecule has 0 radical (unpaired) electrons. The second-order valence-corrected chi connectivity index (χ2v) is 6.15. The minimum atomic E-state index is -0.447. The van der Waals surface area contributed by atoms with E-state index in [-0.39, 0.29) is 18.2 Å². The molecule has 0 spiro atoms. The fourth-order valence-electron chi connectivity index (χ4n) is 1.68. The third-order valence-corrected chi connectivity index (χ3v) is 2.94. The molecule has 1 aromatic carbocycles. The van der Waals surface area contributed by atoms with Gasteiger partial charge in [-0.25, -0.2) is 0 Å². The van der Waals surface area contributed by atoms with Crippen LogP contribution >= 0.6 is 0 Å². The predicted molar refractivity (Wildman–Crippen MR) is 87.9 cm³/mol. The first kappa shape index (κ1) is 18.0. The number of nitrogens with one attached hydrogen (secondary N) is 2. The van der Waals surface area contributed by atoms with E-state index in [1.807, 2.05) is 45.9 Å². The number of hydrogen-bond donors (Lipinski definition) is 2. The number of para-hydroxylation sites is 2. The van der Waals surface area contributed by atoms with Crippen LogP contribution in [0.3, 0.4) is 0 Å². The van der Waals surface area contributed by atoms with Gasteiger partial charge in [-0.15, -0.1) is 0 Å². The number of anilines is 1. The summed E-state index contributed by atoms with van der Waals surface area (Å²) in [7, 11) is 0. The Balaban J connectivity index is 2.47. The maximum Gasteiger partial charge on any atom is 0.226 e. The van der Waals surface area contributed by atoms with Crippen LogP contribution in [-0.4, -0.2) is 25.0 Å². The zero-order valence-electron chi connectivity index (χ0n) is 13.9. The molecule has 1 rings (SSSR count). The highest BCUT2D eigenvalue weighted by molar-refractivity contribution is 5.92. The van der Waals surface area contributed by atoms with Crippen LogP contribution in [0.2, 0.25) is 0 Å². The van der Waals surface area contributed by atoms with Crippen molar-refractivity contribution in [2.75, 3.05) is 18.5 Å². The molecule has 0 aliphatic rings. The van der Waals surface area contributed by atoms with Crippen LogP contribution in [0.4, 0.5) is 5.69 Å². The van der Waals surface area contributed by atoms with Crippen molar-refractivity contribution in [3.8, 4) is 5.75 Å². The lowest BCUT2D eigenvalue weighted by atomic mass is 9.96. The molecule has 0 fully saturated rings. The van der Waals surface area contributed by atoms with Gasteiger partial charge in [-0.05, 0) is 18.6 Å². The number of ether oxygens (including phenoxy) is 1. The molecule has 0 bridgehead atoms. The molecule has 0 saturated heterocycles. The zero-order chi connectivity index (χ0) is 16.6. The van der Waals surface area contributed by atoms with Crippen molar-refractivity contribution in [1.29, 1.82) is 0 Å². The highest BCUT2D eigenvalue weighted by Gasteiger charge is 2.20. The molecule has 5 heteroatoms. The van der Waals surface area contributed by atoms with Gasteiger partial charge in [0.25, 0.3) is 0 Å². The van der Waals surface area contributed by atoms with Crippen LogP contribution in [0.5, 0.6) is 5.75 Å². The van der Waals surface area contributed by atoms with Crippen LogP contribution in [-0.2, 0) is 9.59 Å². The molecule has 1 aromatic rings. The molecule has 0 saturated carbocycles. The topological polar surface area (TPSA) is 67.4 Å². The maximum atomic E-state index is 12.0. The first-order valence-corrected chi connectivity index (χ1v) is 7.64. The first-order valence-electron chi connectivity index (χ1n) is 7.64. The van der Waals surface area contributed by atoms with Crippen molar-refractivity contribution in [3.63, 3.8) is 0 Å². The fourth-order valence-corrected chi connectivity index (χ4v) is 1.68. The Morgan fingerprint density at radius 1 is 1.18 bits per heavy atom. The maximum absolute atomic E-state index is 12.0. The lowest BCUT2D eigenvalue weighted by Crippen LogP contribution is -2.36. The van der Waals surface area contributed by atoms with E-state index < -0.39 is 5.41 Å². The van der Waals surface area contributed by atoms with E-state index in [9.17, 15) is 9.59 Å². The number of carbonyl (C=O) groups is 2. The largest absolute Gasteiger partial charge is 0.491 e. The zero-order valence-corrected chi connectivity index (χ0v) is 13.9. The normalized spacial score (nSPS) is 10.9. The standard InChI is InChI=1S/C17H26N2O3/c1-5-12-22-14-9-7-6-8-13(14)19-15(20)10-11-18-16(21)17(2,3)4/h6-9H,5,10-12H2,1-4H3,(H,18,21)(H,19,20). The summed E-state index contributed by atoms with van der Waals surface area (Å²) in [6.45, 7) is 8.46. The molecule has 0 unspecified atom stereocenters. The average molecular weight is 306 g/mol. The summed E-state index contributed by atoms with van der Waals surface area (Å²) in [6, 6.07) is 7.34. The highest BCUT2D eigenvalue weighted by Crippen LogP contribution is 2.23. The Hall–Kier alpha value is -2.04. The van der Waals surface area contributed by atoms with Gasteiger partial charge in [-0.3, -0.25) is 9.59 Å². The van der Waals surface area contributed by atoms with Crippen LogP contribution in [0.1, 0.15) is 40.5 Å². The van der Waals surface area contributed by atoms with Gasteiger partial charge in [0.2, 0.25) is 11.8 Å². The lowest BCUT2D eigenvalue weighted by Gasteiger charge is -2.17. The van der Waals surface area contributed by atoms with E-state index in [0.29, 0.717) is 24.6 Å². The average Bonchev–Trinajstić information content (AvgIpc) is 2.45. The SMILES string of the molecule is CCCOc1ccccc1NC(=O)CCNC(=O)C(C)(C)C. The van der Waals surface area contributed by atoms with E-state index in [1.54, 1.807) is 6.07 Å². The monoisotopic (exact) mass is 306 g/mol. The smallest absolute Gasteiger partial charge is 0.226 e. The number of rotatable bonds is 7. The van der Waals surface area contributed by atoms with Gasteiger partial charge in [-0.2, -0.15) is 0 Å². The Kier molecular flexibility index (Phi) is 6.89. The summed E-state index contributed by atoms with van der Waals surface area (Å²) in [5.41, 5.74) is 0.208. The van der Waals surface area contributed by atoms with Crippen LogP contribution in [0.25, 0.3) is 0 Å². The second kappa shape index (κ2) is 8.41. The van der Waals surface area contributed by atoms with E-state index in [0.717, 1.165) is 6.42 Å². The minimum Gasteiger partial charge on any atom is -0.491 e. The molecular weight excluding hydrogens is 280 g/mol. The number of amides is 2. The Labute approximate surface area is 132 Å². The first-order chi connectivity index (χ1) is 10.3. The van der Waals surface area contributed by atoms with E-state index >= 15 is 0 Å². The summed E-state index contributed by atoms with van der Waals surface area (Å²) in [5, 5.41) is 5.57. The molecule has 122 valence electrons. The number of hydrogen-bond acceptors (Lipinski definition) is 3. The van der Waals surface area contributed by atoms with Crippen molar-refractivity contribution in [2.45, 2.75) is 40.5 Å². The highest BCUT2D eigenvalue weighted by atomic mass is 16.5. The Morgan fingerprint density at radius 3 is 2.50 bits per heavy atom. The van der Waals surface area contributed by atoms with Crippen molar-refractivity contribution in [1.82, 2.24) is 5.32 Å². The van der Waals surface area contributed by atoms with Crippen LogP contribution in [0, 0.1) is 5.41 Å². The van der Waals surface area contributed by atoms with Crippen molar-refractivity contribution >= 4 is 17.5 Å². The molecule has 0 aliphatic carbocycles. The van der Waals surface area contributed by atoms with Crippen LogP contribution in [0.15, 0.2) is 24.3 Å². The molecule has 5 nitrogen and oxygen atoms in total. The fraction of sp³-hybridized carbons (Fsp3) is 0.529. The molecular formula is C17H26N2O3. The van der Waals surface area contributed by atoms with E-state index in [4.69, 9.17) is 4.74 Å². The van der Waals surface area contributed by atoms with E-state index in [2.05, 4.69) is 10.6 Å². The lowest BCUT2D eigenvalue weighted by molar-refractivity contribution is -0.128. The van der Waals surface area contributed by atoms with Gasteiger partial charge in [-0.1, -0.05) is 39.8 Å². The van der Waals surface area contributed by atoms with Gasteiger partial charge in [0, 0.05) is 18.4 Å². The Bertz CT molecular complexity index is 507. The van der Waals surface area contributed by atoms with Gasteiger partial charge in [0.1, 0.15) is 5.75 Å². The van der Waals surface area contributed by atoms with Crippen molar-refractivity contribution < 1.29 is 14.3 Å². The molecule has 0 aromatic heterocycles. The molecule has 22 heavy (non-hydrogen) atoms. The molecule has 0 atom stereocenters. The van der Waals surface area contributed by atoms with Gasteiger partial charge < -0.3 is 15.4 Å². The van der Waals surface area contributed by atoms with Crippen molar-refractivity contribution in [2.24, 2.45) is 5.41 Å². The molecule has 2 amide bonds. The van der Waals surface area contributed by atoms with Gasteiger partial charge >= 0.3 is 0 Å².